The minimum absolute atomic E-state index is 0.0194. The van der Waals surface area contributed by atoms with Crippen LogP contribution in [0.1, 0.15) is 27.6 Å². The molecule has 1 aromatic heterocycles. The predicted octanol–water partition coefficient (Wildman–Crippen LogP) is 4.74. The summed E-state index contributed by atoms with van der Waals surface area (Å²) in [6, 6.07) is 15.6. The van der Waals surface area contributed by atoms with E-state index in [-0.39, 0.29) is 11.2 Å². The van der Waals surface area contributed by atoms with Crippen LogP contribution in [0.3, 0.4) is 0 Å². The number of nitrogens with zero attached hydrogens (tertiary/aromatic N) is 2. The minimum Gasteiger partial charge on any atom is -0.489 e. The van der Waals surface area contributed by atoms with Crippen molar-refractivity contribution in [2.45, 2.75) is 18.8 Å². The number of hydrogen-bond acceptors (Lipinski definition) is 4. The Morgan fingerprint density at radius 1 is 1.29 bits per heavy atom. The van der Waals surface area contributed by atoms with Gasteiger partial charge < -0.3 is 10.1 Å². The molecule has 1 amide bonds. The maximum atomic E-state index is 12.2. The molecular formula is C21H20ClN3O2S. The van der Waals surface area contributed by atoms with Gasteiger partial charge >= 0.3 is 0 Å². The maximum Gasteiger partial charge on any atom is 0.235 e. The summed E-state index contributed by atoms with van der Waals surface area (Å²) in [4.78, 5) is 12.2. The zero-order valence-corrected chi connectivity index (χ0v) is 17.2. The van der Waals surface area contributed by atoms with Crippen LogP contribution >= 0.6 is 23.4 Å². The lowest BCUT2D eigenvalue weighted by atomic mass is 10.0. The molecular weight excluding hydrogens is 394 g/mol. The number of rotatable bonds is 4. The zero-order chi connectivity index (χ0) is 19.7. The molecule has 5 nitrogen and oxygen atoms in total. The van der Waals surface area contributed by atoms with Crippen LogP contribution in [-0.4, -0.2) is 21.4 Å². The molecule has 0 unspecified atom stereocenters. The molecule has 0 fully saturated rings. The Bertz CT molecular complexity index is 1030. The van der Waals surface area contributed by atoms with Gasteiger partial charge in [0.1, 0.15) is 18.2 Å². The van der Waals surface area contributed by atoms with Gasteiger partial charge in [-0.05, 0) is 30.7 Å². The van der Waals surface area contributed by atoms with Gasteiger partial charge in [-0.1, -0.05) is 41.9 Å². The first-order chi connectivity index (χ1) is 13.5. The first-order valence-corrected chi connectivity index (χ1v) is 10.4. The van der Waals surface area contributed by atoms with Gasteiger partial charge in [-0.3, -0.25) is 9.48 Å². The molecule has 7 heteroatoms. The van der Waals surface area contributed by atoms with E-state index in [9.17, 15) is 4.79 Å². The highest BCUT2D eigenvalue weighted by atomic mass is 35.5. The molecule has 0 saturated carbocycles. The number of aryl methyl sites for hydroxylation is 2. The van der Waals surface area contributed by atoms with E-state index in [1.807, 2.05) is 56.4 Å². The molecule has 4 rings (SSSR count). The predicted molar refractivity (Wildman–Crippen MR) is 113 cm³/mol. The van der Waals surface area contributed by atoms with Crippen molar-refractivity contribution in [1.29, 1.82) is 0 Å². The van der Waals surface area contributed by atoms with Crippen LogP contribution in [0.5, 0.6) is 5.75 Å². The molecule has 2 heterocycles. The van der Waals surface area contributed by atoms with Gasteiger partial charge in [0.25, 0.3) is 0 Å². The molecule has 0 spiro atoms. The third-order valence-corrected chi connectivity index (χ3v) is 6.14. The van der Waals surface area contributed by atoms with Crippen molar-refractivity contribution in [3.05, 3.63) is 75.9 Å². The first-order valence-electron chi connectivity index (χ1n) is 8.94. The smallest absolute Gasteiger partial charge is 0.235 e. The number of nitrogens with one attached hydrogen (secondary N) is 1. The fourth-order valence-corrected chi connectivity index (χ4v) is 4.84. The van der Waals surface area contributed by atoms with Crippen LogP contribution < -0.4 is 10.1 Å². The third-order valence-electron chi connectivity index (χ3n) is 4.65. The standard InChI is InChI=1S/C21H20ClN3O2S/c1-13-19-20(28-12-18(26)23-21(19)25(2)24-13)16-8-3-4-9-17(16)27-11-14-6-5-7-15(22)10-14/h3-10,20H,11-12H2,1-2H3,(H,23,26)/t20-/m1/s1. The number of carbonyl (C=O) groups is 1. The average Bonchev–Trinajstić information content (AvgIpc) is 2.85. The molecule has 0 radical (unpaired) electrons. The Morgan fingerprint density at radius 2 is 2.11 bits per heavy atom. The molecule has 1 atom stereocenters. The topological polar surface area (TPSA) is 56.2 Å². The molecule has 1 N–H and O–H groups in total. The van der Waals surface area contributed by atoms with Crippen molar-refractivity contribution in [3.8, 4) is 5.75 Å². The van der Waals surface area contributed by atoms with Crippen molar-refractivity contribution >= 4 is 35.1 Å². The SMILES string of the molecule is Cc1nn(C)c2c1[C@@H](c1ccccc1OCc1cccc(Cl)c1)SCC(=O)N2. The fraction of sp³-hybridized carbons (Fsp3) is 0.238. The van der Waals surface area contributed by atoms with Crippen LogP contribution in [0, 0.1) is 6.92 Å². The molecule has 0 bridgehead atoms. The van der Waals surface area contributed by atoms with E-state index < -0.39 is 0 Å². The molecule has 0 saturated heterocycles. The van der Waals surface area contributed by atoms with Gasteiger partial charge in [0.05, 0.1) is 16.7 Å². The Labute approximate surface area is 173 Å². The largest absolute Gasteiger partial charge is 0.489 e. The Hall–Kier alpha value is -2.44. The van der Waals surface area contributed by atoms with Crippen LogP contribution in [-0.2, 0) is 18.4 Å². The van der Waals surface area contributed by atoms with Gasteiger partial charge in [-0.15, -0.1) is 11.8 Å². The highest BCUT2D eigenvalue weighted by molar-refractivity contribution is 8.00. The summed E-state index contributed by atoms with van der Waals surface area (Å²) in [6.45, 7) is 2.39. The van der Waals surface area contributed by atoms with Crippen LogP contribution in [0.2, 0.25) is 5.02 Å². The number of para-hydroxylation sites is 1. The second-order valence-corrected chi connectivity index (χ2v) is 8.20. The van der Waals surface area contributed by atoms with Gasteiger partial charge in [0, 0.05) is 23.2 Å². The Balaban J connectivity index is 1.69. The van der Waals surface area contributed by atoms with E-state index in [1.54, 1.807) is 16.4 Å². The second-order valence-electron chi connectivity index (χ2n) is 6.67. The van der Waals surface area contributed by atoms with E-state index in [1.165, 1.54) is 0 Å². The number of aromatic nitrogens is 2. The number of benzene rings is 2. The summed E-state index contributed by atoms with van der Waals surface area (Å²) in [5, 5.41) is 8.14. The van der Waals surface area contributed by atoms with E-state index in [0.29, 0.717) is 17.4 Å². The van der Waals surface area contributed by atoms with E-state index >= 15 is 0 Å². The summed E-state index contributed by atoms with van der Waals surface area (Å²) in [5.41, 5.74) is 3.97. The van der Waals surface area contributed by atoms with Crippen molar-refractivity contribution < 1.29 is 9.53 Å². The molecule has 144 valence electrons. The molecule has 1 aliphatic rings. The lowest BCUT2D eigenvalue weighted by Crippen LogP contribution is -2.15. The Morgan fingerprint density at radius 3 is 2.93 bits per heavy atom. The summed E-state index contributed by atoms with van der Waals surface area (Å²) >= 11 is 7.67. The maximum absolute atomic E-state index is 12.2. The average molecular weight is 414 g/mol. The fourth-order valence-electron chi connectivity index (χ4n) is 3.41. The van der Waals surface area contributed by atoms with E-state index in [2.05, 4.69) is 16.5 Å². The molecule has 3 aromatic rings. The third kappa shape index (κ3) is 3.75. The summed E-state index contributed by atoms with van der Waals surface area (Å²) < 4.78 is 7.89. The second kappa shape index (κ2) is 7.89. The van der Waals surface area contributed by atoms with Crippen molar-refractivity contribution in [2.75, 3.05) is 11.1 Å². The summed E-state index contributed by atoms with van der Waals surface area (Å²) in [5.74, 6) is 1.90. The molecule has 1 aliphatic heterocycles. The Kier molecular flexibility index (Phi) is 5.33. The van der Waals surface area contributed by atoms with Crippen molar-refractivity contribution in [1.82, 2.24) is 9.78 Å². The van der Waals surface area contributed by atoms with Gasteiger partial charge in [-0.25, -0.2) is 0 Å². The van der Waals surface area contributed by atoms with E-state index in [4.69, 9.17) is 16.3 Å². The molecule has 2 aromatic carbocycles. The molecule has 28 heavy (non-hydrogen) atoms. The number of hydrogen-bond donors (Lipinski definition) is 1. The van der Waals surface area contributed by atoms with Crippen LogP contribution in [0.25, 0.3) is 0 Å². The molecule has 0 aliphatic carbocycles. The number of carbonyl (C=O) groups excluding carboxylic acids is 1. The lowest BCUT2D eigenvalue weighted by Gasteiger charge is -2.19. The monoisotopic (exact) mass is 413 g/mol. The van der Waals surface area contributed by atoms with Gasteiger partial charge in [0.15, 0.2) is 0 Å². The van der Waals surface area contributed by atoms with Gasteiger partial charge in [0.2, 0.25) is 5.91 Å². The van der Waals surface area contributed by atoms with Crippen molar-refractivity contribution in [3.63, 3.8) is 0 Å². The van der Waals surface area contributed by atoms with Gasteiger partial charge in [-0.2, -0.15) is 5.10 Å². The number of thioether (sulfide) groups is 1. The number of halogens is 1. The summed E-state index contributed by atoms with van der Waals surface area (Å²) in [7, 11) is 1.85. The number of anilines is 1. The van der Waals surface area contributed by atoms with Crippen LogP contribution in [0.15, 0.2) is 48.5 Å². The normalized spacial score (nSPS) is 16.2. The highest BCUT2D eigenvalue weighted by Crippen LogP contribution is 2.45. The van der Waals surface area contributed by atoms with Crippen molar-refractivity contribution in [2.24, 2.45) is 7.05 Å². The minimum atomic E-state index is -0.0433. The lowest BCUT2D eigenvalue weighted by molar-refractivity contribution is -0.113. The van der Waals surface area contributed by atoms with E-state index in [0.717, 1.165) is 34.0 Å². The highest BCUT2D eigenvalue weighted by Gasteiger charge is 2.31. The first kappa shape index (κ1) is 18.9. The number of fused-ring (bicyclic) bond motifs is 1. The zero-order valence-electron chi connectivity index (χ0n) is 15.6. The number of amides is 1. The quantitative estimate of drug-likeness (QED) is 0.671. The number of ether oxygens (including phenoxy) is 1. The summed E-state index contributed by atoms with van der Waals surface area (Å²) in [6.07, 6.45) is 0. The van der Waals surface area contributed by atoms with Crippen LogP contribution in [0.4, 0.5) is 5.82 Å².